The fourth-order valence-electron chi connectivity index (χ4n) is 7.12. The quantitative estimate of drug-likeness (QED) is 0.0196. The van der Waals surface area contributed by atoms with Gasteiger partial charge < -0.3 is 27.9 Å². The predicted molar refractivity (Wildman–Crippen MR) is 245 cm³/mol. The van der Waals surface area contributed by atoms with Crippen LogP contribution < -0.4 is 4.89 Å². The molecule has 0 radical (unpaired) electrons. The zero-order valence-corrected chi connectivity index (χ0v) is 40.4. The molecule has 10 heteroatoms. The number of quaternary nitrogens is 1. The largest absolute Gasteiger partial charge is 0.756 e. The molecule has 2 atom stereocenters. The highest BCUT2D eigenvalue weighted by Crippen LogP contribution is 2.38. The van der Waals surface area contributed by atoms with E-state index in [9.17, 15) is 19.0 Å². The maximum atomic E-state index is 12.7. The van der Waals surface area contributed by atoms with Crippen LogP contribution in [-0.4, -0.2) is 70.0 Å². The van der Waals surface area contributed by atoms with Crippen LogP contribution in [0.5, 0.6) is 0 Å². The molecule has 0 aromatic carbocycles. The second kappa shape index (κ2) is 42.1. The van der Waals surface area contributed by atoms with Crippen LogP contribution in [0.3, 0.4) is 0 Å². The molecule has 1 unspecified atom stereocenters. The second-order valence-electron chi connectivity index (χ2n) is 18.2. The van der Waals surface area contributed by atoms with Gasteiger partial charge in [0.1, 0.15) is 19.8 Å². The van der Waals surface area contributed by atoms with Gasteiger partial charge in [-0.2, -0.15) is 0 Å². The highest BCUT2D eigenvalue weighted by Gasteiger charge is 2.21. The van der Waals surface area contributed by atoms with Gasteiger partial charge in [-0.15, -0.1) is 0 Å². The maximum absolute atomic E-state index is 12.7. The third-order valence-corrected chi connectivity index (χ3v) is 12.0. The summed E-state index contributed by atoms with van der Waals surface area (Å²) in [6.45, 7) is 4.27. The van der Waals surface area contributed by atoms with Crippen molar-refractivity contribution in [2.24, 2.45) is 0 Å². The molecular weight excluding hydrogens is 762 g/mol. The molecule has 0 bridgehead atoms. The van der Waals surface area contributed by atoms with Gasteiger partial charge in [-0.25, -0.2) is 0 Å². The lowest BCUT2D eigenvalue weighted by atomic mass is 10.0. The Morgan fingerprint density at radius 3 is 1.25 bits per heavy atom. The Morgan fingerprint density at radius 2 is 0.864 bits per heavy atom. The van der Waals surface area contributed by atoms with Crippen LogP contribution in [0.15, 0.2) is 12.2 Å². The number of rotatable bonds is 46. The normalized spacial score (nSPS) is 13.5. The minimum atomic E-state index is -4.62. The zero-order chi connectivity index (χ0) is 43.6. The summed E-state index contributed by atoms with van der Waals surface area (Å²) in [5, 5.41) is 0. The first kappa shape index (κ1) is 57.8. The first-order chi connectivity index (χ1) is 28.5. The standard InChI is InChI=1S/C49H96NO8P/c1-6-8-10-12-14-16-18-20-22-24-25-26-28-30-32-34-36-38-40-42-49(52)58-47(46-57-59(53,54)56-44-43-50(3,4)5)45-55-48(51)41-39-37-35-33-31-29-27-23-21-19-17-15-13-11-9-7-2/h20,22,47H,6-19,21,23-46H2,1-5H3/b22-20+/t47-/m1/s1. The van der Waals surface area contributed by atoms with Crippen molar-refractivity contribution in [1.82, 2.24) is 0 Å². The molecule has 0 aromatic rings. The highest BCUT2D eigenvalue weighted by atomic mass is 31.2. The molecule has 0 heterocycles. The Morgan fingerprint density at radius 1 is 0.508 bits per heavy atom. The number of esters is 2. The number of allylic oxidation sites excluding steroid dienone is 2. The topological polar surface area (TPSA) is 111 Å². The van der Waals surface area contributed by atoms with E-state index in [-0.39, 0.29) is 32.0 Å². The molecule has 9 nitrogen and oxygen atoms in total. The fourth-order valence-corrected chi connectivity index (χ4v) is 7.85. The summed E-state index contributed by atoms with van der Waals surface area (Å²) >= 11 is 0. The number of hydrogen-bond donors (Lipinski definition) is 0. The van der Waals surface area contributed by atoms with Crippen LogP contribution in [0.4, 0.5) is 0 Å². The van der Waals surface area contributed by atoms with Gasteiger partial charge in [0.05, 0.1) is 27.7 Å². The van der Waals surface area contributed by atoms with Crippen LogP contribution in [0.25, 0.3) is 0 Å². The van der Waals surface area contributed by atoms with Crippen molar-refractivity contribution < 1.29 is 42.1 Å². The number of ether oxygens (including phenoxy) is 2. The minimum Gasteiger partial charge on any atom is -0.756 e. The number of phosphoric ester groups is 1. The van der Waals surface area contributed by atoms with E-state index in [4.69, 9.17) is 18.5 Å². The van der Waals surface area contributed by atoms with Crippen LogP contribution >= 0.6 is 7.82 Å². The van der Waals surface area contributed by atoms with Crippen LogP contribution in [0.2, 0.25) is 0 Å². The Balaban J connectivity index is 4.25. The first-order valence-electron chi connectivity index (χ1n) is 24.9. The Labute approximate surface area is 365 Å². The molecule has 0 fully saturated rings. The molecule has 0 spiro atoms. The molecule has 0 saturated carbocycles. The van der Waals surface area contributed by atoms with Crippen LogP contribution in [0, 0.1) is 0 Å². The van der Waals surface area contributed by atoms with Crippen molar-refractivity contribution in [3.63, 3.8) is 0 Å². The number of carbonyl (C=O) groups is 2. The summed E-state index contributed by atoms with van der Waals surface area (Å²) in [6, 6.07) is 0. The lowest BCUT2D eigenvalue weighted by molar-refractivity contribution is -0.870. The third-order valence-electron chi connectivity index (χ3n) is 11.0. The Bertz CT molecular complexity index is 1020. The molecule has 0 aliphatic carbocycles. The SMILES string of the molecule is CCCCCCCC/C=C/CCCCCCCCCCCC(=O)O[C@H](COC(=O)CCCCCCCCCCCCCCCCCC)COP(=O)([O-])OCC[N+](C)(C)C. The highest BCUT2D eigenvalue weighted by molar-refractivity contribution is 7.45. The summed E-state index contributed by atoms with van der Waals surface area (Å²) in [4.78, 5) is 37.7. The molecule has 0 amide bonds. The van der Waals surface area contributed by atoms with E-state index in [1.807, 2.05) is 21.1 Å². The van der Waals surface area contributed by atoms with E-state index >= 15 is 0 Å². The first-order valence-corrected chi connectivity index (χ1v) is 26.4. The van der Waals surface area contributed by atoms with Gasteiger partial charge >= 0.3 is 11.9 Å². The molecule has 0 saturated heterocycles. The van der Waals surface area contributed by atoms with Gasteiger partial charge in [0, 0.05) is 12.8 Å². The van der Waals surface area contributed by atoms with Crippen molar-refractivity contribution >= 4 is 19.8 Å². The number of carbonyl (C=O) groups excluding carboxylic acids is 2. The molecule has 0 aromatic heterocycles. The fraction of sp³-hybridized carbons (Fsp3) is 0.918. The molecule has 0 aliphatic rings. The summed E-state index contributed by atoms with van der Waals surface area (Å²) in [5.41, 5.74) is 0. The second-order valence-corrected chi connectivity index (χ2v) is 19.6. The minimum absolute atomic E-state index is 0.0278. The molecule has 350 valence electrons. The van der Waals surface area contributed by atoms with Crippen molar-refractivity contribution in [1.29, 1.82) is 0 Å². The van der Waals surface area contributed by atoms with Gasteiger partial charge in [-0.05, 0) is 38.5 Å². The number of likely N-dealkylation sites (N-methyl/N-ethyl adjacent to an activating group) is 1. The molecule has 59 heavy (non-hydrogen) atoms. The van der Waals surface area contributed by atoms with E-state index in [1.54, 1.807) is 0 Å². The molecule has 0 rings (SSSR count). The zero-order valence-electron chi connectivity index (χ0n) is 39.5. The average molecular weight is 858 g/mol. The van der Waals surface area contributed by atoms with Gasteiger partial charge in [-0.1, -0.05) is 199 Å². The van der Waals surface area contributed by atoms with Crippen molar-refractivity contribution in [3.8, 4) is 0 Å². The number of hydrogen-bond acceptors (Lipinski definition) is 8. The van der Waals surface area contributed by atoms with Crippen LogP contribution in [-0.2, 0) is 32.7 Å². The van der Waals surface area contributed by atoms with E-state index in [2.05, 4.69) is 26.0 Å². The summed E-state index contributed by atoms with van der Waals surface area (Å²) in [6.07, 6.45) is 45.2. The van der Waals surface area contributed by atoms with E-state index in [1.165, 1.54) is 167 Å². The maximum Gasteiger partial charge on any atom is 0.306 e. The third kappa shape index (κ3) is 46.1. The number of nitrogens with zero attached hydrogens (tertiary/aromatic N) is 1. The summed E-state index contributed by atoms with van der Waals surface area (Å²) in [7, 11) is 1.18. The van der Waals surface area contributed by atoms with Gasteiger partial charge in [0.2, 0.25) is 0 Å². The number of phosphoric acid groups is 1. The summed E-state index contributed by atoms with van der Waals surface area (Å²) in [5.74, 6) is -0.822. The Kier molecular flexibility index (Phi) is 41.2. The molecule has 0 aliphatic heterocycles. The van der Waals surface area contributed by atoms with Crippen molar-refractivity contribution in [3.05, 3.63) is 12.2 Å². The Hall–Kier alpha value is -1.25. The molecule has 0 N–H and O–H groups in total. The predicted octanol–water partition coefficient (Wildman–Crippen LogP) is 13.9. The average Bonchev–Trinajstić information content (AvgIpc) is 3.19. The molecular formula is C49H96NO8P. The van der Waals surface area contributed by atoms with E-state index in [0.717, 1.165) is 38.5 Å². The van der Waals surface area contributed by atoms with E-state index < -0.39 is 26.5 Å². The van der Waals surface area contributed by atoms with Gasteiger partial charge in [0.15, 0.2) is 6.10 Å². The number of unbranched alkanes of at least 4 members (excludes halogenated alkanes) is 30. The van der Waals surface area contributed by atoms with Gasteiger partial charge in [0.25, 0.3) is 7.82 Å². The van der Waals surface area contributed by atoms with Crippen molar-refractivity contribution in [2.45, 2.75) is 245 Å². The van der Waals surface area contributed by atoms with Crippen LogP contribution in [0.1, 0.15) is 239 Å². The summed E-state index contributed by atoms with van der Waals surface area (Å²) < 4.78 is 34.0. The lowest BCUT2D eigenvalue weighted by Crippen LogP contribution is -2.37. The smallest absolute Gasteiger partial charge is 0.306 e. The lowest BCUT2D eigenvalue weighted by Gasteiger charge is -2.28. The van der Waals surface area contributed by atoms with Gasteiger partial charge in [-0.3, -0.25) is 14.2 Å². The van der Waals surface area contributed by atoms with E-state index in [0.29, 0.717) is 17.4 Å². The monoisotopic (exact) mass is 858 g/mol. The van der Waals surface area contributed by atoms with Crippen molar-refractivity contribution in [2.75, 3.05) is 47.5 Å².